The highest BCUT2D eigenvalue weighted by atomic mass is 16.5. The van der Waals surface area contributed by atoms with Gasteiger partial charge in [0.25, 0.3) is 0 Å². The largest absolute Gasteiger partial charge is 0.379 e. The van der Waals surface area contributed by atoms with Gasteiger partial charge in [0.1, 0.15) is 5.78 Å². The molecule has 0 aromatic rings. The van der Waals surface area contributed by atoms with E-state index in [1.807, 2.05) is 0 Å². The molecule has 1 saturated heterocycles. The molecule has 2 fully saturated rings. The summed E-state index contributed by atoms with van der Waals surface area (Å²) in [5.74, 6) is 1.72. The van der Waals surface area contributed by atoms with Crippen LogP contribution >= 0.6 is 0 Å². The van der Waals surface area contributed by atoms with Crippen LogP contribution in [-0.4, -0.2) is 43.5 Å². The van der Waals surface area contributed by atoms with Crippen molar-refractivity contribution < 1.29 is 9.53 Å². The maximum Gasteiger partial charge on any atom is 0.140 e. The van der Waals surface area contributed by atoms with Gasteiger partial charge < -0.3 is 4.74 Å². The Morgan fingerprint density at radius 1 is 1.38 bits per heavy atom. The number of carbonyl (C=O) groups excluding carboxylic acids is 1. The molecular formula is C13H23NO2. The highest BCUT2D eigenvalue weighted by molar-refractivity contribution is 5.86. The fourth-order valence-electron chi connectivity index (χ4n) is 3.18. The SMILES string of the molecule is CCC1C(=O)C(CN2CCOCC2)CC1C. The number of carbonyl (C=O) groups is 1. The van der Waals surface area contributed by atoms with Gasteiger partial charge in [-0.3, -0.25) is 9.69 Å². The van der Waals surface area contributed by atoms with Gasteiger partial charge in [-0.1, -0.05) is 13.8 Å². The van der Waals surface area contributed by atoms with Crippen molar-refractivity contribution in [2.45, 2.75) is 26.7 Å². The number of ether oxygens (including phenoxy) is 1. The van der Waals surface area contributed by atoms with Crippen molar-refractivity contribution in [2.24, 2.45) is 17.8 Å². The van der Waals surface area contributed by atoms with Crippen LogP contribution in [0.1, 0.15) is 26.7 Å². The fourth-order valence-corrected chi connectivity index (χ4v) is 3.18. The summed E-state index contributed by atoms with van der Waals surface area (Å²) in [4.78, 5) is 14.5. The lowest BCUT2D eigenvalue weighted by Crippen LogP contribution is -2.40. The molecule has 1 aliphatic heterocycles. The Balaban J connectivity index is 1.88. The van der Waals surface area contributed by atoms with E-state index in [-0.39, 0.29) is 5.92 Å². The van der Waals surface area contributed by atoms with E-state index in [0.29, 0.717) is 17.6 Å². The zero-order valence-electron chi connectivity index (χ0n) is 10.4. The van der Waals surface area contributed by atoms with Gasteiger partial charge in [-0.25, -0.2) is 0 Å². The molecule has 2 aliphatic rings. The van der Waals surface area contributed by atoms with Crippen LogP contribution in [0.5, 0.6) is 0 Å². The average Bonchev–Trinajstić information content (AvgIpc) is 2.55. The van der Waals surface area contributed by atoms with E-state index in [1.165, 1.54) is 0 Å². The third-order valence-electron chi connectivity index (χ3n) is 4.13. The maximum absolute atomic E-state index is 12.2. The Bertz CT molecular complexity index is 248. The second kappa shape index (κ2) is 5.28. The van der Waals surface area contributed by atoms with Crippen molar-refractivity contribution in [1.29, 1.82) is 0 Å². The zero-order chi connectivity index (χ0) is 11.5. The monoisotopic (exact) mass is 225 g/mol. The maximum atomic E-state index is 12.2. The first-order valence-electron chi connectivity index (χ1n) is 6.56. The molecule has 0 aromatic carbocycles. The lowest BCUT2D eigenvalue weighted by molar-refractivity contribution is -0.125. The molecule has 3 nitrogen and oxygen atoms in total. The molecule has 1 aliphatic carbocycles. The standard InChI is InChI=1S/C13H23NO2/c1-3-12-10(2)8-11(13(12)15)9-14-4-6-16-7-5-14/h10-12H,3-9H2,1-2H3. The molecule has 3 unspecified atom stereocenters. The van der Waals surface area contributed by atoms with Gasteiger partial charge in [0, 0.05) is 31.5 Å². The van der Waals surface area contributed by atoms with Crippen molar-refractivity contribution in [1.82, 2.24) is 4.90 Å². The molecule has 0 amide bonds. The lowest BCUT2D eigenvalue weighted by atomic mass is 9.95. The quantitative estimate of drug-likeness (QED) is 0.730. The highest BCUT2D eigenvalue weighted by Gasteiger charge is 2.39. The molecule has 16 heavy (non-hydrogen) atoms. The summed E-state index contributed by atoms with van der Waals surface area (Å²) in [6, 6.07) is 0. The second-order valence-corrected chi connectivity index (χ2v) is 5.24. The minimum atomic E-state index is 0.290. The Morgan fingerprint density at radius 3 is 2.62 bits per heavy atom. The number of Topliss-reactive ketones (excluding diaryl/α,β-unsaturated/α-hetero) is 1. The summed E-state index contributed by atoms with van der Waals surface area (Å²) in [5, 5.41) is 0. The van der Waals surface area contributed by atoms with Gasteiger partial charge in [0.15, 0.2) is 0 Å². The summed E-state index contributed by atoms with van der Waals surface area (Å²) in [6.07, 6.45) is 2.11. The highest BCUT2D eigenvalue weighted by Crippen LogP contribution is 2.35. The summed E-state index contributed by atoms with van der Waals surface area (Å²) in [6.45, 7) is 8.97. The predicted molar refractivity (Wildman–Crippen MR) is 63.3 cm³/mol. The Labute approximate surface area is 98.1 Å². The summed E-state index contributed by atoms with van der Waals surface area (Å²) in [5.41, 5.74) is 0. The van der Waals surface area contributed by atoms with E-state index in [2.05, 4.69) is 18.7 Å². The number of ketones is 1. The van der Waals surface area contributed by atoms with Gasteiger partial charge in [-0.05, 0) is 18.8 Å². The van der Waals surface area contributed by atoms with Crippen molar-refractivity contribution in [3.63, 3.8) is 0 Å². The van der Waals surface area contributed by atoms with Crippen LogP contribution in [0.25, 0.3) is 0 Å². The number of morpholine rings is 1. The molecule has 92 valence electrons. The Hall–Kier alpha value is -0.410. The van der Waals surface area contributed by atoms with E-state index in [0.717, 1.165) is 45.7 Å². The smallest absolute Gasteiger partial charge is 0.140 e. The Morgan fingerprint density at radius 2 is 2.06 bits per heavy atom. The van der Waals surface area contributed by atoms with Crippen molar-refractivity contribution >= 4 is 5.78 Å². The molecule has 1 heterocycles. The summed E-state index contributed by atoms with van der Waals surface area (Å²) in [7, 11) is 0. The van der Waals surface area contributed by atoms with Crippen LogP contribution in [0, 0.1) is 17.8 Å². The first-order chi connectivity index (χ1) is 7.72. The van der Waals surface area contributed by atoms with Crippen LogP contribution in [-0.2, 0) is 9.53 Å². The lowest BCUT2D eigenvalue weighted by Gasteiger charge is -2.28. The number of nitrogens with zero attached hydrogens (tertiary/aromatic N) is 1. The van der Waals surface area contributed by atoms with Crippen molar-refractivity contribution in [3.8, 4) is 0 Å². The third kappa shape index (κ3) is 2.46. The van der Waals surface area contributed by atoms with Crippen LogP contribution in [0.15, 0.2) is 0 Å². The van der Waals surface area contributed by atoms with Gasteiger partial charge >= 0.3 is 0 Å². The second-order valence-electron chi connectivity index (χ2n) is 5.24. The Kier molecular flexibility index (Phi) is 3.98. The van der Waals surface area contributed by atoms with Crippen molar-refractivity contribution in [3.05, 3.63) is 0 Å². The molecule has 1 saturated carbocycles. The molecule has 3 heteroatoms. The van der Waals surface area contributed by atoms with Crippen LogP contribution in [0.2, 0.25) is 0 Å². The zero-order valence-corrected chi connectivity index (χ0v) is 10.4. The van der Waals surface area contributed by atoms with Gasteiger partial charge in [-0.2, -0.15) is 0 Å². The average molecular weight is 225 g/mol. The fraction of sp³-hybridized carbons (Fsp3) is 0.923. The molecule has 0 N–H and O–H groups in total. The van der Waals surface area contributed by atoms with Crippen molar-refractivity contribution in [2.75, 3.05) is 32.8 Å². The topological polar surface area (TPSA) is 29.5 Å². The molecule has 2 rings (SSSR count). The molecule has 0 aromatic heterocycles. The van der Waals surface area contributed by atoms with Gasteiger partial charge in [0.2, 0.25) is 0 Å². The van der Waals surface area contributed by atoms with Crippen LogP contribution in [0.3, 0.4) is 0 Å². The number of rotatable bonds is 3. The molecular weight excluding hydrogens is 202 g/mol. The third-order valence-corrected chi connectivity index (χ3v) is 4.13. The van der Waals surface area contributed by atoms with E-state index in [4.69, 9.17) is 4.74 Å². The summed E-state index contributed by atoms with van der Waals surface area (Å²) < 4.78 is 5.33. The normalized spacial score (nSPS) is 36.9. The van der Waals surface area contributed by atoms with Crippen LogP contribution in [0.4, 0.5) is 0 Å². The summed E-state index contributed by atoms with van der Waals surface area (Å²) >= 11 is 0. The predicted octanol–water partition coefficient (Wildman–Crippen LogP) is 1.57. The van der Waals surface area contributed by atoms with E-state index < -0.39 is 0 Å². The van der Waals surface area contributed by atoms with Gasteiger partial charge in [0.05, 0.1) is 13.2 Å². The van der Waals surface area contributed by atoms with E-state index in [9.17, 15) is 4.79 Å². The molecule has 0 bridgehead atoms. The first kappa shape index (κ1) is 12.1. The van der Waals surface area contributed by atoms with E-state index in [1.54, 1.807) is 0 Å². The number of hydrogen-bond donors (Lipinski definition) is 0. The molecule has 0 spiro atoms. The minimum absolute atomic E-state index is 0.290. The molecule has 0 radical (unpaired) electrons. The van der Waals surface area contributed by atoms with E-state index >= 15 is 0 Å². The van der Waals surface area contributed by atoms with Crippen LogP contribution < -0.4 is 0 Å². The first-order valence-corrected chi connectivity index (χ1v) is 6.56. The minimum Gasteiger partial charge on any atom is -0.379 e. The molecule has 3 atom stereocenters. The van der Waals surface area contributed by atoms with Gasteiger partial charge in [-0.15, -0.1) is 0 Å². The number of hydrogen-bond acceptors (Lipinski definition) is 3.